The van der Waals surface area contributed by atoms with Crippen LogP contribution in [-0.4, -0.2) is 35.6 Å². The lowest BCUT2D eigenvalue weighted by atomic mass is 10.2. The van der Waals surface area contributed by atoms with Gasteiger partial charge >= 0.3 is 12.0 Å². The summed E-state index contributed by atoms with van der Waals surface area (Å²) in [7, 11) is 1.51. The van der Waals surface area contributed by atoms with Crippen molar-refractivity contribution in [3.8, 4) is 0 Å². The van der Waals surface area contributed by atoms with Crippen molar-refractivity contribution < 1.29 is 14.7 Å². The quantitative estimate of drug-likeness (QED) is 0.892. The van der Waals surface area contributed by atoms with Gasteiger partial charge in [0.15, 0.2) is 0 Å². The van der Waals surface area contributed by atoms with Gasteiger partial charge in [-0.15, -0.1) is 0 Å². The van der Waals surface area contributed by atoms with Crippen LogP contribution < -0.4 is 5.32 Å². The minimum atomic E-state index is -0.957. The lowest BCUT2D eigenvalue weighted by Crippen LogP contribution is -2.36. The number of carboxylic acids is 1. The largest absolute Gasteiger partial charge is 0.481 e. The maximum Gasteiger partial charge on any atom is 0.321 e. The van der Waals surface area contributed by atoms with Crippen LogP contribution in [-0.2, 0) is 4.79 Å². The van der Waals surface area contributed by atoms with Crippen molar-refractivity contribution >= 4 is 40.9 Å². The summed E-state index contributed by atoms with van der Waals surface area (Å²) in [4.78, 5) is 24.0. The molecule has 110 valence electrons. The van der Waals surface area contributed by atoms with Crippen molar-refractivity contribution in [3.05, 3.63) is 27.7 Å². The van der Waals surface area contributed by atoms with E-state index in [0.29, 0.717) is 15.7 Å². The number of hydrogen-bond donors (Lipinski definition) is 2. The van der Waals surface area contributed by atoms with Crippen LogP contribution >= 0.6 is 23.2 Å². The molecule has 0 aliphatic rings. The third kappa shape index (κ3) is 4.28. The maximum atomic E-state index is 11.9. The van der Waals surface area contributed by atoms with Gasteiger partial charge in [-0.2, -0.15) is 0 Å². The van der Waals surface area contributed by atoms with Gasteiger partial charge in [-0.25, -0.2) is 4.79 Å². The number of amides is 2. The molecule has 1 unspecified atom stereocenters. The molecule has 0 aliphatic heterocycles. The van der Waals surface area contributed by atoms with Gasteiger partial charge in [-0.1, -0.05) is 30.1 Å². The first-order valence-corrected chi connectivity index (χ1v) is 6.68. The summed E-state index contributed by atoms with van der Waals surface area (Å²) in [5.74, 6) is -1.61. The SMILES string of the molecule is Cc1cc(Cl)c(NC(=O)N(C)CC(C)C(=O)O)cc1Cl. The van der Waals surface area contributed by atoms with Crippen molar-refractivity contribution in [2.75, 3.05) is 18.9 Å². The molecule has 7 heteroatoms. The zero-order valence-electron chi connectivity index (χ0n) is 11.4. The van der Waals surface area contributed by atoms with Crippen molar-refractivity contribution in [3.63, 3.8) is 0 Å². The van der Waals surface area contributed by atoms with Gasteiger partial charge in [0.1, 0.15) is 0 Å². The Labute approximate surface area is 127 Å². The van der Waals surface area contributed by atoms with Crippen molar-refractivity contribution in [1.29, 1.82) is 0 Å². The Morgan fingerprint density at radius 3 is 2.50 bits per heavy atom. The van der Waals surface area contributed by atoms with Gasteiger partial charge in [-0.05, 0) is 24.6 Å². The standard InChI is InChI=1S/C13H16Cl2N2O3/c1-7-4-10(15)11(5-9(7)14)16-13(20)17(3)6-8(2)12(18)19/h4-5,8H,6H2,1-3H3,(H,16,20)(H,18,19). The molecule has 1 rings (SSSR count). The van der Waals surface area contributed by atoms with E-state index in [1.54, 1.807) is 19.1 Å². The van der Waals surface area contributed by atoms with Gasteiger partial charge in [0.25, 0.3) is 0 Å². The number of carbonyl (C=O) groups is 2. The number of urea groups is 1. The van der Waals surface area contributed by atoms with Crippen molar-refractivity contribution in [2.45, 2.75) is 13.8 Å². The fraction of sp³-hybridized carbons (Fsp3) is 0.385. The molecular formula is C13H16Cl2N2O3. The predicted molar refractivity (Wildman–Crippen MR) is 79.6 cm³/mol. The first kappa shape index (κ1) is 16.6. The van der Waals surface area contributed by atoms with E-state index >= 15 is 0 Å². The zero-order chi connectivity index (χ0) is 15.4. The summed E-state index contributed by atoms with van der Waals surface area (Å²) in [6, 6.07) is 2.77. The molecule has 1 atom stereocenters. The van der Waals surface area contributed by atoms with E-state index in [0.717, 1.165) is 5.56 Å². The van der Waals surface area contributed by atoms with E-state index in [4.69, 9.17) is 28.3 Å². The number of carbonyl (C=O) groups excluding carboxylic acids is 1. The molecule has 0 radical (unpaired) electrons. The van der Waals surface area contributed by atoms with Gasteiger partial charge in [0, 0.05) is 18.6 Å². The summed E-state index contributed by atoms with van der Waals surface area (Å²) in [6.45, 7) is 3.43. The Kier molecular flexibility index (Phi) is 5.65. The van der Waals surface area contributed by atoms with Crippen LogP contribution in [0.25, 0.3) is 0 Å². The van der Waals surface area contributed by atoms with Crippen LogP contribution in [0.1, 0.15) is 12.5 Å². The van der Waals surface area contributed by atoms with Gasteiger partial charge in [-0.3, -0.25) is 4.79 Å². The molecule has 0 aliphatic carbocycles. The lowest BCUT2D eigenvalue weighted by Gasteiger charge is -2.20. The summed E-state index contributed by atoms with van der Waals surface area (Å²) in [5.41, 5.74) is 1.20. The number of hydrogen-bond acceptors (Lipinski definition) is 2. The Morgan fingerprint density at radius 2 is 1.95 bits per heavy atom. The molecule has 2 amide bonds. The van der Waals surface area contributed by atoms with Crippen molar-refractivity contribution in [1.82, 2.24) is 4.90 Å². The molecule has 0 heterocycles. The number of anilines is 1. The highest BCUT2D eigenvalue weighted by Crippen LogP contribution is 2.28. The third-order valence-corrected chi connectivity index (χ3v) is 3.53. The lowest BCUT2D eigenvalue weighted by molar-refractivity contribution is -0.141. The summed E-state index contributed by atoms with van der Waals surface area (Å²) in [5, 5.41) is 12.3. The molecular weight excluding hydrogens is 303 g/mol. The fourth-order valence-electron chi connectivity index (χ4n) is 1.52. The average molecular weight is 319 g/mol. The minimum Gasteiger partial charge on any atom is -0.481 e. The summed E-state index contributed by atoms with van der Waals surface area (Å²) in [6.07, 6.45) is 0. The van der Waals surface area contributed by atoms with E-state index in [-0.39, 0.29) is 6.54 Å². The van der Waals surface area contributed by atoms with Gasteiger partial charge in [0.2, 0.25) is 0 Å². The second-order valence-electron chi connectivity index (χ2n) is 4.63. The topological polar surface area (TPSA) is 69.6 Å². The normalized spacial score (nSPS) is 11.8. The summed E-state index contributed by atoms with van der Waals surface area (Å²) < 4.78 is 0. The Bertz CT molecular complexity index is 535. The molecule has 0 fully saturated rings. The second-order valence-corrected chi connectivity index (χ2v) is 5.45. The first-order valence-electron chi connectivity index (χ1n) is 5.93. The van der Waals surface area contributed by atoms with E-state index in [1.165, 1.54) is 18.9 Å². The number of rotatable bonds is 4. The maximum absolute atomic E-state index is 11.9. The molecule has 0 aromatic heterocycles. The minimum absolute atomic E-state index is 0.0956. The highest BCUT2D eigenvalue weighted by atomic mass is 35.5. The summed E-state index contributed by atoms with van der Waals surface area (Å²) >= 11 is 12.0. The van der Waals surface area contributed by atoms with E-state index in [9.17, 15) is 9.59 Å². The van der Waals surface area contributed by atoms with Gasteiger partial charge < -0.3 is 15.3 Å². The van der Waals surface area contributed by atoms with Crippen LogP contribution in [0.5, 0.6) is 0 Å². The number of aliphatic carboxylic acids is 1. The van der Waals surface area contributed by atoms with E-state index in [2.05, 4.69) is 5.32 Å². The Hall–Kier alpha value is -1.46. The molecule has 0 saturated heterocycles. The Morgan fingerprint density at radius 1 is 1.35 bits per heavy atom. The van der Waals surface area contributed by atoms with Crippen LogP contribution in [0.15, 0.2) is 12.1 Å². The average Bonchev–Trinajstić information content (AvgIpc) is 2.35. The third-order valence-electron chi connectivity index (χ3n) is 2.81. The number of carboxylic acid groups (broad SMARTS) is 1. The van der Waals surface area contributed by atoms with Crippen molar-refractivity contribution in [2.24, 2.45) is 5.92 Å². The number of nitrogens with zero attached hydrogens (tertiary/aromatic N) is 1. The number of halogens is 2. The number of benzene rings is 1. The highest BCUT2D eigenvalue weighted by molar-refractivity contribution is 6.36. The highest BCUT2D eigenvalue weighted by Gasteiger charge is 2.18. The van der Waals surface area contributed by atoms with Gasteiger partial charge in [0.05, 0.1) is 16.6 Å². The van der Waals surface area contributed by atoms with Crippen LogP contribution in [0.4, 0.5) is 10.5 Å². The first-order chi connectivity index (χ1) is 9.22. The van der Waals surface area contributed by atoms with Crippen LogP contribution in [0, 0.1) is 12.8 Å². The molecule has 2 N–H and O–H groups in total. The number of aryl methyl sites for hydroxylation is 1. The number of nitrogens with one attached hydrogen (secondary N) is 1. The smallest absolute Gasteiger partial charge is 0.321 e. The molecule has 0 bridgehead atoms. The Balaban J connectivity index is 2.76. The van der Waals surface area contributed by atoms with E-state index < -0.39 is 17.9 Å². The second kappa shape index (κ2) is 6.81. The zero-order valence-corrected chi connectivity index (χ0v) is 12.9. The van der Waals surface area contributed by atoms with Crippen LogP contribution in [0.2, 0.25) is 10.0 Å². The molecule has 1 aromatic rings. The monoisotopic (exact) mass is 318 g/mol. The molecule has 5 nitrogen and oxygen atoms in total. The molecule has 0 spiro atoms. The molecule has 1 aromatic carbocycles. The van der Waals surface area contributed by atoms with Crippen LogP contribution in [0.3, 0.4) is 0 Å². The molecule has 20 heavy (non-hydrogen) atoms. The molecule has 0 saturated carbocycles. The van der Waals surface area contributed by atoms with E-state index in [1.807, 2.05) is 0 Å². The fourth-order valence-corrected chi connectivity index (χ4v) is 1.95. The predicted octanol–water partition coefficient (Wildman–Crippen LogP) is 3.49.